The zero-order chi connectivity index (χ0) is 19.8. The van der Waals surface area contributed by atoms with E-state index in [9.17, 15) is 5.26 Å². The number of thiophene rings is 2. The maximum atomic E-state index is 9.99. The van der Waals surface area contributed by atoms with Crippen molar-refractivity contribution in [2.24, 2.45) is 0 Å². The van der Waals surface area contributed by atoms with Gasteiger partial charge in [0.1, 0.15) is 22.3 Å². The van der Waals surface area contributed by atoms with Crippen molar-refractivity contribution < 1.29 is 0 Å². The molecule has 6 heteroatoms. The van der Waals surface area contributed by atoms with Crippen LogP contribution in [0.15, 0.2) is 65.4 Å². The fourth-order valence-corrected chi connectivity index (χ4v) is 5.25. The van der Waals surface area contributed by atoms with Gasteiger partial charge in [0.2, 0.25) is 0 Å². The van der Waals surface area contributed by atoms with Gasteiger partial charge in [0.15, 0.2) is 0 Å². The van der Waals surface area contributed by atoms with E-state index in [1.807, 2.05) is 35.0 Å². The van der Waals surface area contributed by atoms with E-state index in [-0.39, 0.29) is 0 Å². The third-order valence-corrected chi connectivity index (χ3v) is 6.73. The van der Waals surface area contributed by atoms with Crippen molar-refractivity contribution in [3.8, 4) is 16.5 Å². The van der Waals surface area contributed by atoms with E-state index in [1.54, 1.807) is 11.3 Å². The molecule has 0 atom stereocenters. The van der Waals surface area contributed by atoms with Crippen molar-refractivity contribution in [2.75, 3.05) is 11.1 Å². The molecule has 0 radical (unpaired) electrons. The summed E-state index contributed by atoms with van der Waals surface area (Å²) >= 11 is 3.10. The van der Waals surface area contributed by atoms with E-state index in [4.69, 9.17) is 10.7 Å². The number of aromatic nitrogens is 1. The zero-order valence-electron chi connectivity index (χ0n) is 15.3. The van der Waals surface area contributed by atoms with Crippen LogP contribution in [0, 0.1) is 11.3 Å². The second-order valence-electron chi connectivity index (χ2n) is 6.66. The maximum Gasteiger partial charge on any atom is 0.146 e. The van der Waals surface area contributed by atoms with Gasteiger partial charge in [-0.2, -0.15) is 5.26 Å². The largest absolute Gasteiger partial charge is 0.397 e. The van der Waals surface area contributed by atoms with Gasteiger partial charge in [0.05, 0.1) is 5.69 Å². The highest BCUT2D eigenvalue weighted by atomic mass is 32.1. The maximum absolute atomic E-state index is 9.99. The predicted octanol–water partition coefficient (Wildman–Crippen LogP) is 6.24. The Morgan fingerprint density at radius 3 is 2.72 bits per heavy atom. The van der Waals surface area contributed by atoms with Gasteiger partial charge < -0.3 is 11.1 Å². The average Bonchev–Trinajstić information content (AvgIpc) is 3.41. The SMILES string of the molecule is N#Cc1c(NCc2cccc3ccccc23)nc2scc(N)c2c1-c1cccs1. The van der Waals surface area contributed by atoms with Gasteiger partial charge >= 0.3 is 0 Å². The van der Waals surface area contributed by atoms with Crippen LogP contribution in [0.3, 0.4) is 0 Å². The number of nitrogen functional groups attached to an aromatic ring is 1. The Hall–Kier alpha value is -3.40. The van der Waals surface area contributed by atoms with Gasteiger partial charge in [-0.3, -0.25) is 0 Å². The molecule has 3 aromatic heterocycles. The van der Waals surface area contributed by atoms with E-state index < -0.39 is 0 Å². The van der Waals surface area contributed by atoms with Crippen molar-refractivity contribution in [3.63, 3.8) is 0 Å². The molecule has 0 aliphatic heterocycles. The highest BCUT2D eigenvalue weighted by Crippen LogP contribution is 2.42. The Bertz CT molecular complexity index is 1370. The highest BCUT2D eigenvalue weighted by Gasteiger charge is 2.20. The van der Waals surface area contributed by atoms with Gasteiger partial charge in [-0.15, -0.1) is 22.7 Å². The lowest BCUT2D eigenvalue weighted by molar-refractivity contribution is 1.13. The summed E-state index contributed by atoms with van der Waals surface area (Å²) in [6, 6.07) is 20.9. The van der Waals surface area contributed by atoms with Crippen LogP contribution >= 0.6 is 22.7 Å². The molecule has 3 N–H and O–H groups in total. The summed E-state index contributed by atoms with van der Waals surface area (Å²) in [6.45, 7) is 0.583. The fraction of sp³-hybridized carbons (Fsp3) is 0.0435. The summed E-state index contributed by atoms with van der Waals surface area (Å²) in [4.78, 5) is 6.60. The number of nitriles is 1. The minimum Gasteiger partial charge on any atom is -0.397 e. The molecule has 0 spiro atoms. The number of hydrogen-bond acceptors (Lipinski definition) is 6. The minimum atomic E-state index is 0.533. The van der Waals surface area contributed by atoms with E-state index in [0.717, 1.165) is 26.2 Å². The Kier molecular flexibility index (Phi) is 4.39. The second-order valence-corrected chi connectivity index (χ2v) is 8.47. The molecule has 0 fully saturated rings. The first-order chi connectivity index (χ1) is 14.3. The highest BCUT2D eigenvalue weighted by molar-refractivity contribution is 7.17. The number of anilines is 2. The molecular formula is C23H16N4S2. The van der Waals surface area contributed by atoms with Crippen LogP contribution in [0.4, 0.5) is 11.5 Å². The Labute approximate surface area is 175 Å². The second kappa shape index (κ2) is 7.21. The number of benzene rings is 2. The summed E-state index contributed by atoms with van der Waals surface area (Å²) < 4.78 is 0. The van der Waals surface area contributed by atoms with Crippen LogP contribution in [0.5, 0.6) is 0 Å². The predicted molar refractivity (Wildman–Crippen MR) is 123 cm³/mol. The number of pyridine rings is 1. The number of fused-ring (bicyclic) bond motifs is 2. The van der Waals surface area contributed by atoms with Gasteiger partial charge in [0, 0.05) is 27.8 Å². The third-order valence-electron chi connectivity index (χ3n) is 4.96. The standard InChI is InChI=1S/C23H16N4S2/c24-11-17-20(19-9-4-10-28-19)21-18(25)13-29-23(21)27-22(17)26-12-15-7-3-6-14-5-1-2-8-16(14)15/h1-10,13H,12,25H2,(H,26,27). The van der Waals surface area contributed by atoms with Crippen molar-refractivity contribution in [1.29, 1.82) is 5.26 Å². The monoisotopic (exact) mass is 412 g/mol. The lowest BCUT2D eigenvalue weighted by Gasteiger charge is -2.13. The molecule has 0 unspecified atom stereocenters. The zero-order valence-corrected chi connectivity index (χ0v) is 17.0. The molecule has 2 aromatic carbocycles. The first-order valence-electron chi connectivity index (χ1n) is 9.11. The Balaban J connectivity index is 1.63. The summed E-state index contributed by atoms with van der Waals surface area (Å²) in [5, 5.41) is 20.6. The lowest BCUT2D eigenvalue weighted by Crippen LogP contribution is -2.05. The molecule has 0 aliphatic rings. The molecule has 140 valence electrons. The van der Waals surface area contributed by atoms with Crippen molar-refractivity contribution in [2.45, 2.75) is 6.54 Å². The number of rotatable bonds is 4. The van der Waals surface area contributed by atoms with Gasteiger partial charge in [-0.25, -0.2) is 4.98 Å². The fourth-order valence-electron chi connectivity index (χ4n) is 3.62. The van der Waals surface area contributed by atoms with E-state index in [0.29, 0.717) is 23.6 Å². The van der Waals surface area contributed by atoms with E-state index >= 15 is 0 Å². The van der Waals surface area contributed by atoms with Crippen molar-refractivity contribution in [3.05, 3.63) is 76.5 Å². The lowest BCUT2D eigenvalue weighted by atomic mass is 10.0. The average molecular weight is 413 g/mol. The summed E-state index contributed by atoms with van der Waals surface area (Å²) in [7, 11) is 0. The van der Waals surface area contributed by atoms with E-state index in [1.165, 1.54) is 22.1 Å². The quantitative estimate of drug-likeness (QED) is 0.366. The smallest absolute Gasteiger partial charge is 0.146 e. The summed E-state index contributed by atoms with van der Waals surface area (Å²) in [5.41, 5.74) is 9.46. The first-order valence-corrected chi connectivity index (χ1v) is 10.9. The minimum absolute atomic E-state index is 0.533. The Morgan fingerprint density at radius 2 is 1.90 bits per heavy atom. The molecule has 5 rings (SSSR count). The van der Waals surface area contributed by atoms with E-state index in [2.05, 4.69) is 41.7 Å². The van der Waals surface area contributed by atoms with Crippen LogP contribution in [0.2, 0.25) is 0 Å². The van der Waals surface area contributed by atoms with Crippen LogP contribution in [-0.4, -0.2) is 4.98 Å². The Morgan fingerprint density at radius 1 is 1.03 bits per heavy atom. The summed E-state index contributed by atoms with van der Waals surface area (Å²) in [5.74, 6) is 0.596. The third kappa shape index (κ3) is 3.01. The van der Waals surface area contributed by atoms with Crippen LogP contribution in [0.1, 0.15) is 11.1 Å². The molecule has 0 saturated heterocycles. The normalized spacial score (nSPS) is 11.0. The molecule has 0 aliphatic carbocycles. The molecule has 4 nitrogen and oxygen atoms in total. The number of nitrogens with one attached hydrogen (secondary N) is 1. The van der Waals surface area contributed by atoms with Gasteiger partial charge in [-0.1, -0.05) is 48.5 Å². The van der Waals surface area contributed by atoms with Crippen LogP contribution in [0.25, 0.3) is 31.4 Å². The number of hydrogen-bond donors (Lipinski definition) is 2. The molecule has 0 bridgehead atoms. The first kappa shape index (κ1) is 17.7. The van der Waals surface area contributed by atoms with Gasteiger partial charge in [-0.05, 0) is 27.8 Å². The van der Waals surface area contributed by atoms with Crippen LogP contribution in [-0.2, 0) is 6.54 Å². The van der Waals surface area contributed by atoms with Crippen LogP contribution < -0.4 is 11.1 Å². The molecule has 0 saturated carbocycles. The summed E-state index contributed by atoms with van der Waals surface area (Å²) in [6.07, 6.45) is 0. The van der Waals surface area contributed by atoms with Crippen molar-refractivity contribution >= 4 is 55.2 Å². The topological polar surface area (TPSA) is 74.7 Å². The molecular weight excluding hydrogens is 396 g/mol. The molecule has 5 aromatic rings. The van der Waals surface area contributed by atoms with Gasteiger partial charge in [0.25, 0.3) is 0 Å². The van der Waals surface area contributed by atoms with Crippen molar-refractivity contribution in [1.82, 2.24) is 4.98 Å². The molecule has 0 amide bonds. The number of nitrogens with two attached hydrogens (primary N) is 1. The molecule has 3 heterocycles. The number of nitrogens with zero attached hydrogens (tertiary/aromatic N) is 2. The molecule has 29 heavy (non-hydrogen) atoms.